The molecule has 0 saturated heterocycles. The van der Waals surface area contributed by atoms with E-state index in [9.17, 15) is 0 Å². The summed E-state index contributed by atoms with van der Waals surface area (Å²) in [5, 5.41) is 4.17. The van der Waals surface area contributed by atoms with E-state index in [0.717, 1.165) is 16.9 Å². The summed E-state index contributed by atoms with van der Waals surface area (Å²) < 4.78 is 7.11. The van der Waals surface area contributed by atoms with E-state index in [1.807, 2.05) is 25.4 Å². The lowest BCUT2D eigenvalue weighted by Gasteiger charge is -2.13. The van der Waals surface area contributed by atoms with Crippen molar-refractivity contribution in [2.75, 3.05) is 12.8 Å². The maximum absolute atomic E-state index is 5.91. The molecule has 0 bridgehead atoms. The Morgan fingerprint density at radius 3 is 2.56 bits per heavy atom. The molecular formula is C14H19N3O. The molecule has 0 radical (unpaired) electrons. The third kappa shape index (κ3) is 2.18. The van der Waals surface area contributed by atoms with Gasteiger partial charge in [0.25, 0.3) is 0 Å². The Labute approximate surface area is 107 Å². The predicted molar refractivity (Wildman–Crippen MR) is 73.7 cm³/mol. The van der Waals surface area contributed by atoms with Gasteiger partial charge in [0.2, 0.25) is 0 Å². The first-order valence-corrected chi connectivity index (χ1v) is 6.00. The molecule has 0 aliphatic heterocycles. The van der Waals surface area contributed by atoms with Crippen molar-refractivity contribution in [3.05, 3.63) is 30.0 Å². The van der Waals surface area contributed by atoms with Crippen LogP contribution in [0.5, 0.6) is 5.75 Å². The fourth-order valence-electron chi connectivity index (χ4n) is 2.08. The fraction of sp³-hybridized carbons (Fsp3) is 0.357. The highest BCUT2D eigenvalue weighted by Gasteiger charge is 2.12. The molecule has 0 amide bonds. The first-order valence-electron chi connectivity index (χ1n) is 6.00. The number of benzene rings is 1. The van der Waals surface area contributed by atoms with Gasteiger partial charge in [-0.15, -0.1) is 0 Å². The minimum atomic E-state index is 0.401. The molecule has 0 atom stereocenters. The molecule has 0 aliphatic carbocycles. The number of hydrogen-bond acceptors (Lipinski definition) is 3. The van der Waals surface area contributed by atoms with Crippen LogP contribution in [0.1, 0.15) is 25.3 Å². The van der Waals surface area contributed by atoms with Gasteiger partial charge in [-0.25, -0.2) is 0 Å². The zero-order valence-electron chi connectivity index (χ0n) is 11.3. The molecule has 1 aromatic carbocycles. The number of methoxy groups -OCH3 is 1. The number of aromatic nitrogens is 2. The minimum Gasteiger partial charge on any atom is -0.496 e. The Morgan fingerprint density at radius 2 is 2.06 bits per heavy atom. The second-order valence-electron chi connectivity index (χ2n) is 4.71. The van der Waals surface area contributed by atoms with Gasteiger partial charge in [0.05, 0.1) is 7.11 Å². The molecule has 1 aromatic heterocycles. The highest BCUT2D eigenvalue weighted by atomic mass is 16.5. The molecule has 18 heavy (non-hydrogen) atoms. The molecule has 96 valence electrons. The number of rotatable bonds is 3. The second kappa shape index (κ2) is 4.72. The molecule has 4 heteroatoms. The largest absolute Gasteiger partial charge is 0.496 e. The normalized spacial score (nSPS) is 10.9. The molecule has 0 saturated carbocycles. The van der Waals surface area contributed by atoms with Crippen LogP contribution in [0.3, 0.4) is 0 Å². The molecular weight excluding hydrogens is 226 g/mol. The van der Waals surface area contributed by atoms with Crippen molar-refractivity contribution in [3.8, 4) is 16.9 Å². The number of nitrogens with two attached hydrogens (primary N) is 1. The SMILES string of the molecule is COc1ccc(-c2cn(C)nc2N)cc1C(C)C. The zero-order chi connectivity index (χ0) is 13.3. The van der Waals surface area contributed by atoms with Crippen LogP contribution >= 0.6 is 0 Å². The van der Waals surface area contributed by atoms with Crippen molar-refractivity contribution in [2.45, 2.75) is 19.8 Å². The monoisotopic (exact) mass is 245 g/mol. The topological polar surface area (TPSA) is 53.1 Å². The van der Waals surface area contributed by atoms with Crippen LogP contribution in [-0.4, -0.2) is 16.9 Å². The van der Waals surface area contributed by atoms with E-state index < -0.39 is 0 Å². The Balaban J connectivity index is 2.53. The molecule has 2 rings (SSSR count). The van der Waals surface area contributed by atoms with Gasteiger partial charge in [0.15, 0.2) is 5.82 Å². The number of nitrogen functional groups attached to an aromatic ring is 1. The van der Waals surface area contributed by atoms with Gasteiger partial charge in [-0.05, 0) is 29.2 Å². The van der Waals surface area contributed by atoms with Crippen molar-refractivity contribution in [1.29, 1.82) is 0 Å². The number of aryl methyl sites for hydroxylation is 1. The van der Waals surface area contributed by atoms with Gasteiger partial charge in [-0.1, -0.05) is 19.9 Å². The first-order chi connectivity index (χ1) is 8.52. The van der Waals surface area contributed by atoms with E-state index in [1.165, 1.54) is 5.56 Å². The lowest BCUT2D eigenvalue weighted by Crippen LogP contribution is -1.95. The van der Waals surface area contributed by atoms with E-state index >= 15 is 0 Å². The number of anilines is 1. The fourth-order valence-corrected chi connectivity index (χ4v) is 2.08. The summed E-state index contributed by atoms with van der Waals surface area (Å²) in [7, 11) is 3.56. The molecule has 0 fully saturated rings. The second-order valence-corrected chi connectivity index (χ2v) is 4.71. The zero-order valence-corrected chi connectivity index (χ0v) is 11.3. The quantitative estimate of drug-likeness (QED) is 0.904. The molecule has 2 N–H and O–H groups in total. The Hall–Kier alpha value is -1.97. The van der Waals surface area contributed by atoms with Gasteiger partial charge in [-0.3, -0.25) is 4.68 Å². The van der Waals surface area contributed by atoms with Gasteiger partial charge < -0.3 is 10.5 Å². The van der Waals surface area contributed by atoms with Crippen molar-refractivity contribution in [3.63, 3.8) is 0 Å². The van der Waals surface area contributed by atoms with Crippen molar-refractivity contribution >= 4 is 5.82 Å². The summed E-state index contributed by atoms with van der Waals surface area (Å²) in [5.41, 5.74) is 9.12. The molecule has 4 nitrogen and oxygen atoms in total. The molecule has 0 spiro atoms. The summed E-state index contributed by atoms with van der Waals surface area (Å²) in [6.07, 6.45) is 1.93. The smallest absolute Gasteiger partial charge is 0.153 e. The van der Waals surface area contributed by atoms with E-state index in [4.69, 9.17) is 10.5 Å². The van der Waals surface area contributed by atoms with E-state index in [1.54, 1.807) is 11.8 Å². The van der Waals surface area contributed by atoms with Crippen LogP contribution < -0.4 is 10.5 Å². The number of hydrogen-bond donors (Lipinski definition) is 1. The van der Waals surface area contributed by atoms with Crippen molar-refractivity contribution in [1.82, 2.24) is 9.78 Å². The van der Waals surface area contributed by atoms with E-state index in [-0.39, 0.29) is 0 Å². The lowest BCUT2D eigenvalue weighted by atomic mass is 9.97. The molecule has 1 heterocycles. The predicted octanol–water partition coefficient (Wildman–Crippen LogP) is 2.80. The summed E-state index contributed by atoms with van der Waals surface area (Å²) in [6.45, 7) is 4.29. The Kier molecular flexibility index (Phi) is 3.28. The summed E-state index contributed by atoms with van der Waals surface area (Å²) >= 11 is 0. The maximum Gasteiger partial charge on any atom is 0.153 e. The number of nitrogens with zero attached hydrogens (tertiary/aromatic N) is 2. The lowest BCUT2D eigenvalue weighted by molar-refractivity contribution is 0.407. The van der Waals surface area contributed by atoms with Crippen LogP contribution in [0.25, 0.3) is 11.1 Å². The summed E-state index contributed by atoms with van der Waals surface area (Å²) in [5.74, 6) is 1.87. The molecule has 0 aliphatic rings. The highest BCUT2D eigenvalue weighted by Crippen LogP contribution is 2.33. The standard InChI is InChI=1S/C14H19N3O/c1-9(2)11-7-10(5-6-13(11)18-4)12-8-17(3)16-14(12)15/h5-9H,1-4H3,(H2,15,16). The highest BCUT2D eigenvalue weighted by molar-refractivity contribution is 5.74. The summed E-state index contributed by atoms with van der Waals surface area (Å²) in [6, 6.07) is 6.12. The van der Waals surface area contributed by atoms with Crippen molar-refractivity contribution in [2.24, 2.45) is 7.05 Å². The van der Waals surface area contributed by atoms with Crippen LogP contribution in [0.2, 0.25) is 0 Å². The van der Waals surface area contributed by atoms with Crippen LogP contribution in [-0.2, 0) is 7.05 Å². The third-order valence-electron chi connectivity index (χ3n) is 3.02. The van der Waals surface area contributed by atoms with Gasteiger partial charge in [0.1, 0.15) is 5.75 Å². The molecule has 2 aromatic rings. The number of ether oxygens (including phenoxy) is 1. The average molecular weight is 245 g/mol. The van der Waals surface area contributed by atoms with Crippen LogP contribution in [0, 0.1) is 0 Å². The average Bonchev–Trinajstić information content (AvgIpc) is 2.67. The molecule has 0 unspecified atom stereocenters. The summed E-state index contributed by atoms with van der Waals surface area (Å²) in [4.78, 5) is 0. The minimum absolute atomic E-state index is 0.401. The van der Waals surface area contributed by atoms with Gasteiger partial charge in [-0.2, -0.15) is 5.10 Å². The van der Waals surface area contributed by atoms with Gasteiger partial charge in [0, 0.05) is 18.8 Å². The van der Waals surface area contributed by atoms with Crippen molar-refractivity contribution < 1.29 is 4.74 Å². The van der Waals surface area contributed by atoms with E-state index in [0.29, 0.717) is 11.7 Å². The maximum atomic E-state index is 5.91. The van der Waals surface area contributed by atoms with Crippen LogP contribution in [0.15, 0.2) is 24.4 Å². The Morgan fingerprint density at radius 1 is 1.33 bits per heavy atom. The van der Waals surface area contributed by atoms with E-state index in [2.05, 4.69) is 25.0 Å². The van der Waals surface area contributed by atoms with Crippen LogP contribution in [0.4, 0.5) is 5.82 Å². The third-order valence-corrected chi connectivity index (χ3v) is 3.02. The first kappa shape index (κ1) is 12.5. The van der Waals surface area contributed by atoms with Gasteiger partial charge >= 0.3 is 0 Å². The Bertz CT molecular complexity index is 558.